The van der Waals surface area contributed by atoms with Crippen molar-refractivity contribution < 1.29 is 19.4 Å². The number of aliphatic carboxylic acids is 1. The van der Waals surface area contributed by atoms with Crippen LogP contribution in [0.1, 0.15) is 44.6 Å². The molecule has 2 N–H and O–H groups in total. The molecule has 22 heavy (non-hydrogen) atoms. The van der Waals surface area contributed by atoms with E-state index in [9.17, 15) is 14.7 Å². The number of carbonyl (C=O) groups excluding carboxylic acids is 1. The van der Waals surface area contributed by atoms with Gasteiger partial charge in [0.2, 0.25) is 0 Å². The van der Waals surface area contributed by atoms with E-state index in [-0.39, 0.29) is 6.42 Å². The number of hydrogen-bond acceptors (Lipinski definition) is 3. The maximum atomic E-state index is 12.0. The number of nitrogens with one attached hydrogen (secondary N) is 1. The van der Waals surface area contributed by atoms with E-state index in [2.05, 4.69) is 5.32 Å². The average Bonchev–Trinajstić information content (AvgIpc) is 2.47. The fraction of sp³-hybridized carbons (Fsp3) is 0.529. The molecule has 1 saturated carbocycles. The van der Waals surface area contributed by atoms with Crippen molar-refractivity contribution in [3.63, 3.8) is 0 Å². The summed E-state index contributed by atoms with van der Waals surface area (Å²) < 4.78 is 5.48. The first kappa shape index (κ1) is 16.3. The first-order valence-corrected chi connectivity index (χ1v) is 7.75. The first-order valence-electron chi connectivity index (χ1n) is 7.75. The van der Waals surface area contributed by atoms with E-state index in [1.165, 1.54) is 0 Å². The van der Waals surface area contributed by atoms with E-state index in [0.717, 1.165) is 37.7 Å². The molecular formula is C17H23NO4. The van der Waals surface area contributed by atoms with Gasteiger partial charge < -0.3 is 15.2 Å². The zero-order valence-electron chi connectivity index (χ0n) is 12.9. The molecule has 1 aliphatic rings. The molecule has 1 aromatic rings. The molecular weight excluding hydrogens is 282 g/mol. The fourth-order valence-electron chi connectivity index (χ4n) is 2.85. The molecule has 1 fully saturated rings. The Morgan fingerprint density at radius 2 is 1.86 bits per heavy atom. The molecule has 1 unspecified atom stereocenters. The van der Waals surface area contributed by atoms with Crippen LogP contribution in [0.5, 0.6) is 0 Å². The second-order valence-electron chi connectivity index (χ2n) is 6.12. The molecule has 1 amide bonds. The average molecular weight is 305 g/mol. The number of hydrogen-bond donors (Lipinski definition) is 2. The Balaban J connectivity index is 1.92. The van der Waals surface area contributed by atoms with Gasteiger partial charge in [0, 0.05) is 6.42 Å². The SMILES string of the molecule is CC1(OC(=O)NC(Cc2ccccc2)C(=O)O)CCCCC1. The Labute approximate surface area is 130 Å². The van der Waals surface area contributed by atoms with Crippen LogP contribution in [0.15, 0.2) is 30.3 Å². The van der Waals surface area contributed by atoms with Gasteiger partial charge in [0.1, 0.15) is 11.6 Å². The summed E-state index contributed by atoms with van der Waals surface area (Å²) in [5, 5.41) is 11.8. The van der Waals surface area contributed by atoms with Crippen LogP contribution in [0.4, 0.5) is 4.79 Å². The van der Waals surface area contributed by atoms with E-state index in [4.69, 9.17) is 4.74 Å². The van der Waals surface area contributed by atoms with Gasteiger partial charge in [0.25, 0.3) is 0 Å². The number of carboxylic acids is 1. The largest absolute Gasteiger partial charge is 0.480 e. The minimum atomic E-state index is -1.06. The molecule has 0 radical (unpaired) electrons. The van der Waals surface area contributed by atoms with Gasteiger partial charge in [-0.25, -0.2) is 9.59 Å². The van der Waals surface area contributed by atoms with Crippen LogP contribution in [-0.2, 0) is 16.0 Å². The molecule has 0 spiro atoms. The summed E-state index contributed by atoms with van der Waals surface area (Å²) >= 11 is 0. The lowest BCUT2D eigenvalue weighted by Crippen LogP contribution is -2.46. The zero-order valence-corrected chi connectivity index (χ0v) is 12.9. The van der Waals surface area contributed by atoms with Crippen molar-refractivity contribution in [1.29, 1.82) is 0 Å². The van der Waals surface area contributed by atoms with E-state index >= 15 is 0 Å². The van der Waals surface area contributed by atoms with Crippen molar-refractivity contribution >= 4 is 12.1 Å². The quantitative estimate of drug-likeness (QED) is 0.876. The molecule has 0 saturated heterocycles. The highest BCUT2D eigenvalue weighted by atomic mass is 16.6. The summed E-state index contributed by atoms with van der Waals surface area (Å²) in [6.45, 7) is 1.92. The van der Waals surface area contributed by atoms with Gasteiger partial charge in [0.15, 0.2) is 0 Å². The van der Waals surface area contributed by atoms with Crippen LogP contribution in [0.3, 0.4) is 0 Å². The van der Waals surface area contributed by atoms with Gasteiger partial charge in [-0.1, -0.05) is 36.8 Å². The summed E-state index contributed by atoms with van der Waals surface area (Å²) in [5.41, 5.74) is 0.386. The number of ether oxygens (including phenoxy) is 1. The molecule has 1 aliphatic carbocycles. The normalized spacial score (nSPS) is 18.2. The summed E-state index contributed by atoms with van der Waals surface area (Å²) in [6.07, 6.45) is 4.49. The lowest BCUT2D eigenvalue weighted by atomic mass is 9.86. The van der Waals surface area contributed by atoms with Gasteiger partial charge in [-0.3, -0.25) is 0 Å². The first-order chi connectivity index (χ1) is 10.5. The van der Waals surface area contributed by atoms with Crippen LogP contribution in [0, 0.1) is 0 Å². The standard InChI is InChI=1S/C17H23NO4/c1-17(10-6-3-7-11-17)22-16(21)18-14(15(19)20)12-13-8-4-2-5-9-13/h2,4-5,8-9,14H,3,6-7,10-12H2,1H3,(H,18,21)(H,19,20). The topological polar surface area (TPSA) is 75.6 Å². The summed E-state index contributed by atoms with van der Waals surface area (Å²) in [4.78, 5) is 23.4. The van der Waals surface area contributed by atoms with Crippen LogP contribution in [-0.4, -0.2) is 28.8 Å². The molecule has 120 valence electrons. The van der Waals surface area contributed by atoms with Gasteiger partial charge in [0.05, 0.1) is 0 Å². The molecule has 0 aliphatic heterocycles. The van der Waals surface area contributed by atoms with Crippen LogP contribution in [0.2, 0.25) is 0 Å². The second-order valence-corrected chi connectivity index (χ2v) is 6.12. The fourth-order valence-corrected chi connectivity index (χ4v) is 2.85. The van der Waals surface area contributed by atoms with Gasteiger partial charge in [-0.2, -0.15) is 0 Å². The minimum Gasteiger partial charge on any atom is -0.480 e. The number of alkyl carbamates (subject to hydrolysis) is 1. The molecule has 5 nitrogen and oxygen atoms in total. The van der Waals surface area contributed by atoms with Gasteiger partial charge in [-0.05, 0) is 38.2 Å². The molecule has 2 rings (SSSR count). The predicted octanol–water partition coefficient (Wildman–Crippen LogP) is 3.13. The molecule has 1 atom stereocenters. The number of rotatable bonds is 5. The van der Waals surface area contributed by atoms with Crippen molar-refractivity contribution in [3.8, 4) is 0 Å². The van der Waals surface area contributed by atoms with E-state index in [1.54, 1.807) is 0 Å². The Morgan fingerprint density at radius 3 is 2.45 bits per heavy atom. The van der Waals surface area contributed by atoms with E-state index in [1.807, 2.05) is 37.3 Å². The van der Waals surface area contributed by atoms with Crippen LogP contribution in [0.25, 0.3) is 0 Å². The second kappa shape index (κ2) is 7.29. The minimum absolute atomic E-state index is 0.238. The molecule has 0 bridgehead atoms. The van der Waals surface area contributed by atoms with E-state index < -0.39 is 23.7 Å². The highest BCUT2D eigenvalue weighted by molar-refractivity contribution is 5.80. The number of benzene rings is 1. The molecule has 5 heteroatoms. The third-order valence-corrected chi connectivity index (χ3v) is 4.12. The van der Waals surface area contributed by atoms with Crippen molar-refractivity contribution in [2.45, 2.75) is 57.1 Å². The highest BCUT2D eigenvalue weighted by Crippen LogP contribution is 2.31. The Bertz CT molecular complexity index is 509. The Hall–Kier alpha value is -2.04. The Kier molecular flexibility index (Phi) is 5.41. The lowest BCUT2D eigenvalue weighted by Gasteiger charge is -2.33. The van der Waals surface area contributed by atoms with Crippen molar-refractivity contribution in [3.05, 3.63) is 35.9 Å². The maximum Gasteiger partial charge on any atom is 0.408 e. The lowest BCUT2D eigenvalue weighted by molar-refractivity contribution is -0.139. The Morgan fingerprint density at radius 1 is 1.23 bits per heavy atom. The number of amides is 1. The van der Waals surface area contributed by atoms with Crippen molar-refractivity contribution in [1.82, 2.24) is 5.32 Å². The number of carboxylic acid groups (broad SMARTS) is 1. The van der Waals surface area contributed by atoms with Crippen LogP contribution >= 0.6 is 0 Å². The van der Waals surface area contributed by atoms with Gasteiger partial charge >= 0.3 is 12.1 Å². The van der Waals surface area contributed by atoms with Crippen molar-refractivity contribution in [2.75, 3.05) is 0 Å². The third-order valence-electron chi connectivity index (χ3n) is 4.12. The third kappa shape index (κ3) is 4.76. The summed E-state index contributed by atoms with van der Waals surface area (Å²) in [5.74, 6) is -1.06. The number of carbonyl (C=O) groups is 2. The predicted molar refractivity (Wildman–Crippen MR) is 82.7 cm³/mol. The van der Waals surface area contributed by atoms with Crippen LogP contribution < -0.4 is 5.32 Å². The molecule has 0 aromatic heterocycles. The van der Waals surface area contributed by atoms with E-state index in [0.29, 0.717) is 0 Å². The maximum absolute atomic E-state index is 12.0. The zero-order chi connectivity index (χ0) is 16.0. The smallest absolute Gasteiger partial charge is 0.408 e. The van der Waals surface area contributed by atoms with Gasteiger partial charge in [-0.15, -0.1) is 0 Å². The van der Waals surface area contributed by atoms with Crippen molar-refractivity contribution in [2.24, 2.45) is 0 Å². The monoisotopic (exact) mass is 305 g/mol. The highest BCUT2D eigenvalue weighted by Gasteiger charge is 2.32. The summed E-state index contributed by atoms with van der Waals surface area (Å²) in [6, 6.07) is 8.24. The summed E-state index contributed by atoms with van der Waals surface area (Å²) in [7, 11) is 0. The molecule has 0 heterocycles. The molecule has 1 aromatic carbocycles.